The van der Waals surface area contributed by atoms with Gasteiger partial charge >= 0.3 is 5.97 Å². The molecule has 0 saturated carbocycles. The normalized spacial score (nSPS) is 12.3. The van der Waals surface area contributed by atoms with Gasteiger partial charge in [0.1, 0.15) is 11.9 Å². The van der Waals surface area contributed by atoms with Crippen LogP contribution in [0.1, 0.15) is 28.0 Å². The Morgan fingerprint density at radius 1 is 1.24 bits per heavy atom. The van der Waals surface area contributed by atoms with E-state index in [0.717, 1.165) is 10.8 Å². The first-order chi connectivity index (χ1) is 10.2. The number of esters is 1. The summed E-state index contributed by atoms with van der Waals surface area (Å²) < 4.78 is 9.93. The van der Waals surface area contributed by atoms with Gasteiger partial charge in [0.2, 0.25) is 5.76 Å². The SMILES string of the molecule is COC(=O)c1ccc(C(O)c2cncc3ccccc23)o1. The number of aliphatic hydroxyl groups excluding tert-OH is 1. The summed E-state index contributed by atoms with van der Waals surface area (Å²) in [5.41, 5.74) is 0.624. The second-order valence-corrected chi connectivity index (χ2v) is 4.55. The first kappa shape index (κ1) is 13.3. The molecule has 0 spiro atoms. The molecule has 0 radical (unpaired) electrons. The lowest BCUT2D eigenvalue weighted by Crippen LogP contribution is -2.01. The molecule has 0 saturated heterocycles. The number of rotatable bonds is 3. The van der Waals surface area contributed by atoms with Gasteiger partial charge in [-0.25, -0.2) is 4.79 Å². The van der Waals surface area contributed by atoms with Crippen molar-refractivity contribution in [1.82, 2.24) is 4.98 Å². The molecule has 106 valence electrons. The van der Waals surface area contributed by atoms with E-state index in [4.69, 9.17) is 4.42 Å². The van der Waals surface area contributed by atoms with Crippen LogP contribution in [0.4, 0.5) is 0 Å². The quantitative estimate of drug-likeness (QED) is 0.748. The highest BCUT2D eigenvalue weighted by Gasteiger charge is 2.20. The molecule has 3 rings (SSSR count). The largest absolute Gasteiger partial charge is 0.463 e. The van der Waals surface area contributed by atoms with Crippen molar-refractivity contribution in [3.05, 3.63) is 65.9 Å². The minimum Gasteiger partial charge on any atom is -0.463 e. The highest BCUT2D eigenvalue weighted by molar-refractivity contribution is 5.87. The van der Waals surface area contributed by atoms with Crippen molar-refractivity contribution >= 4 is 16.7 Å². The Morgan fingerprint density at radius 2 is 2.05 bits per heavy atom. The van der Waals surface area contributed by atoms with Crippen LogP contribution in [0.15, 0.2) is 53.2 Å². The van der Waals surface area contributed by atoms with Crippen LogP contribution in [-0.4, -0.2) is 23.2 Å². The molecule has 3 aromatic rings. The molecular formula is C16H13NO4. The summed E-state index contributed by atoms with van der Waals surface area (Å²) in [6.45, 7) is 0. The van der Waals surface area contributed by atoms with Crippen molar-refractivity contribution in [2.24, 2.45) is 0 Å². The Bertz CT molecular complexity index is 788. The standard InChI is InChI=1S/C16H13NO4/c1-20-16(19)14-7-6-13(21-14)15(18)12-9-17-8-10-4-2-3-5-11(10)12/h2-9,15,18H,1H3. The monoisotopic (exact) mass is 283 g/mol. The molecule has 0 aliphatic carbocycles. The van der Waals surface area contributed by atoms with E-state index in [1.165, 1.54) is 13.2 Å². The number of hydrogen-bond acceptors (Lipinski definition) is 5. The molecule has 1 N–H and O–H groups in total. The van der Waals surface area contributed by atoms with Crippen molar-refractivity contribution in [2.45, 2.75) is 6.10 Å². The highest BCUT2D eigenvalue weighted by atomic mass is 16.5. The van der Waals surface area contributed by atoms with Gasteiger partial charge in [-0.3, -0.25) is 4.98 Å². The average Bonchev–Trinajstić information content (AvgIpc) is 3.03. The average molecular weight is 283 g/mol. The summed E-state index contributed by atoms with van der Waals surface area (Å²) in [6, 6.07) is 10.6. The van der Waals surface area contributed by atoms with Crippen LogP contribution in [0.3, 0.4) is 0 Å². The van der Waals surface area contributed by atoms with Gasteiger partial charge in [-0.1, -0.05) is 24.3 Å². The zero-order valence-electron chi connectivity index (χ0n) is 11.3. The fraction of sp³-hybridized carbons (Fsp3) is 0.125. The van der Waals surface area contributed by atoms with E-state index in [-0.39, 0.29) is 11.5 Å². The zero-order valence-corrected chi connectivity index (χ0v) is 11.3. The van der Waals surface area contributed by atoms with E-state index in [2.05, 4.69) is 9.72 Å². The number of ether oxygens (including phenoxy) is 1. The minimum absolute atomic E-state index is 0.0553. The van der Waals surface area contributed by atoms with E-state index in [1.807, 2.05) is 24.3 Å². The van der Waals surface area contributed by atoms with E-state index in [1.54, 1.807) is 18.5 Å². The lowest BCUT2D eigenvalue weighted by molar-refractivity contribution is 0.0558. The minimum atomic E-state index is -0.998. The first-order valence-electron chi connectivity index (χ1n) is 6.39. The molecule has 5 heteroatoms. The molecular weight excluding hydrogens is 270 g/mol. The Labute approximate surface area is 120 Å². The molecule has 1 unspecified atom stereocenters. The number of nitrogens with zero attached hydrogens (tertiary/aromatic N) is 1. The van der Waals surface area contributed by atoms with Gasteiger partial charge < -0.3 is 14.3 Å². The van der Waals surface area contributed by atoms with Crippen LogP contribution >= 0.6 is 0 Å². The lowest BCUT2D eigenvalue weighted by atomic mass is 10.0. The van der Waals surface area contributed by atoms with E-state index in [0.29, 0.717) is 5.56 Å². The number of methoxy groups -OCH3 is 1. The molecule has 2 heterocycles. The van der Waals surface area contributed by atoms with E-state index >= 15 is 0 Å². The maximum atomic E-state index is 11.4. The maximum Gasteiger partial charge on any atom is 0.373 e. The Hall–Kier alpha value is -2.66. The Morgan fingerprint density at radius 3 is 2.86 bits per heavy atom. The number of aromatic nitrogens is 1. The van der Waals surface area contributed by atoms with Crippen molar-refractivity contribution in [2.75, 3.05) is 7.11 Å². The first-order valence-corrected chi connectivity index (χ1v) is 6.39. The molecule has 0 amide bonds. The number of carbonyl (C=O) groups excluding carboxylic acids is 1. The number of hydrogen-bond donors (Lipinski definition) is 1. The molecule has 5 nitrogen and oxygen atoms in total. The third-order valence-electron chi connectivity index (χ3n) is 3.28. The Kier molecular flexibility index (Phi) is 3.41. The summed E-state index contributed by atoms with van der Waals surface area (Å²) in [6.07, 6.45) is 2.32. The summed E-state index contributed by atoms with van der Waals surface area (Å²) in [7, 11) is 1.27. The molecule has 0 aliphatic rings. The fourth-order valence-corrected chi connectivity index (χ4v) is 2.22. The molecule has 21 heavy (non-hydrogen) atoms. The number of benzene rings is 1. The lowest BCUT2D eigenvalue weighted by Gasteiger charge is -2.10. The van der Waals surface area contributed by atoms with Crippen LogP contribution < -0.4 is 0 Å². The van der Waals surface area contributed by atoms with Crippen molar-refractivity contribution in [1.29, 1.82) is 0 Å². The topological polar surface area (TPSA) is 72.6 Å². The predicted octanol–water partition coefficient (Wildman–Crippen LogP) is 2.70. The van der Waals surface area contributed by atoms with Crippen molar-refractivity contribution in [3.8, 4) is 0 Å². The second-order valence-electron chi connectivity index (χ2n) is 4.55. The van der Waals surface area contributed by atoms with Crippen LogP contribution in [-0.2, 0) is 4.74 Å². The molecule has 2 aromatic heterocycles. The number of aliphatic hydroxyl groups is 1. The second kappa shape index (κ2) is 5.38. The van der Waals surface area contributed by atoms with Gasteiger partial charge in [0.25, 0.3) is 0 Å². The van der Waals surface area contributed by atoms with Crippen LogP contribution in [0.25, 0.3) is 10.8 Å². The number of pyridine rings is 1. The van der Waals surface area contributed by atoms with Crippen molar-refractivity contribution < 1.29 is 19.1 Å². The van der Waals surface area contributed by atoms with Crippen LogP contribution in [0.2, 0.25) is 0 Å². The van der Waals surface area contributed by atoms with Crippen LogP contribution in [0.5, 0.6) is 0 Å². The van der Waals surface area contributed by atoms with Gasteiger partial charge in [-0.15, -0.1) is 0 Å². The van der Waals surface area contributed by atoms with Crippen LogP contribution in [0, 0.1) is 0 Å². The smallest absolute Gasteiger partial charge is 0.373 e. The third-order valence-corrected chi connectivity index (χ3v) is 3.28. The Balaban J connectivity index is 2.02. The van der Waals surface area contributed by atoms with Gasteiger partial charge in [-0.05, 0) is 17.5 Å². The number of carbonyl (C=O) groups is 1. The fourth-order valence-electron chi connectivity index (χ4n) is 2.22. The highest BCUT2D eigenvalue weighted by Crippen LogP contribution is 2.29. The van der Waals surface area contributed by atoms with Gasteiger partial charge in [0.05, 0.1) is 7.11 Å². The molecule has 0 fully saturated rings. The van der Waals surface area contributed by atoms with Gasteiger partial charge in [0.15, 0.2) is 0 Å². The zero-order chi connectivity index (χ0) is 14.8. The molecule has 1 aromatic carbocycles. The van der Waals surface area contributed by atoms with E-state index in [9.17, 15) is 9.90 Å². The third kappa shape index (κ3) is 2.39. The number of furan rings is 1. The van der Waals surface area contributed by atoms with Gasteiger partial charge in [-0.2, -0.15) is 0 Å². The predicted molar refractivity (Wildman–Crippen MR) is 75.9 cm³/mol. The van der Waals surface area contributed by atoms with E-state index < -0.39 is 12.1 Å². The van der Waals surface area contributed by atoms with Gasteiger partial charge in [0, 0.05) is 23.3 Å². The maximum absolute atomic E-state index is 11.4. The molecule has 1 atom stereocenters. The number of fused-ring (bicyclic) bond motifs is 1. The summed E-state index contributed by atoms with van der Waals surface area (Å²) >= 11 is 0. The summed E-state index contributed by atoms with van der Waals surface area (Å²) in [5, 5.41) is 12.3. The van der Waals surface area contributed by atoms with Crippen molar-refractivity contribution in [3.63, 3.8) is 0 Å². The summed E-state index contributed by atoms with van der Waals surface area (Å²) in [5.74, 6) is -0.252. The summed E-state index contributed by atoms with van der Waals surface area (Å²) in [4.78, 5) is 15.5. The molecule has 0 bridgehead atoms. The molecule has 0 aliphatic heterocycles.